The summed E-state index contributed by atoms with van der Waals surface area (Å²) in [5, 5.41) is 3.08. The molecule has 8 nitrogen and oxygen atoms in total. The molecule has 2 aromatic carbocycles. The lowest BCUT2D eigenvalue weighted by atomic mass is 10.1. The lowest BCUT2D eigenvalue weighted by Gasteiger charge is -2.24. The fourth-order valence-corrected chi connectivity index (χ4v) is 4.02. The van der Waals surface area contributed by atoms with Crippen LogP contribution in [0.25, 0.3) is 0 Å². The van der Waals surface area contributed by atoms with Gasteiger partial charge in [-0.05, 0) is 55.0 Å². The molecule has 32 heavy (non-hydrogen) atoms. The molecule has 10 heteroatoms. The van der Waals surface area contributed by atoms with Gasteiger partial charge in [0.05, 0.1) is 24.2 Å². The Morgan fingerprint density at radius 1 is 1.03 bits per heavy atom. The molecule has 0 aliphatic rings. The van der Waals surface area contributed by atoms with Crippen molar-refractivity contribution >= 4 is 39.1 Å². The van der Waals surface area contributed by atoms with Gasteiger partial charge in [0, 0.05) is 10.7 Å². The van der Waals surface area contributed by atoms with Crippen LogP contribution in [0.3, 0.4) is 0 Å². The van der Waals surface area contributed by atoms with Crippen LogP contribution in [0.4, 0.5) is 5.69 Å². The van der Waals surface area contributed by atoms with E-state index >= 15 is 0 Å². The summed E-state index contributed by atoms with van der Waals surface area (Å²) in [4.78, 5) is 26.7. The number of benzene rings is 2. The zero-order valence-electron chi connectivity index (χ0n) is 17.2. The van der Waals surface area contributed by atoms with Crippen molar-refractivity contribution in [1.82, 2.24) is 10.0 Å². The molecule has 0 fully saturated rings. The number of rotatable bonds is 9. The van der Waals surface area contributed by atoms with E-state index in [-0.39, 0.29) is 18.0 Å². The fraction of sp³-hybridized carbons (Fsp3) is 0.182. The topological polar surface area (TPSA) is 109 Å². The lowest BCUT2D eigenvalue weighted by Crippen LogP contribution is -2.45. The molecule has 0 saturated heterocycles. The number of nitrogens with zero attached hydrogens (tertiary/aromatic N) is 1. The number of amides is 2. The number of nitrogens with one attached hydrogen (secondary N) is 2. The van der Waals surface area contributed by atoms with Gasteiger partial charge in [-0.15, -0.1) is 0 Å². The third kappa shape index (κ3) is 6.19. The quantitative estimate of drug-likeness (QED) is 0.494. The van der Waals surface area contributed by atoms with Crippen molar-refractivity contribution in [2.24, 2.45) is 0 Å². The summed E-state index contributed by atoms with van der Waals surface area (Å²) in [6.07, 6.45) is 1.50. The number of carbonyl (C=O) groups excluding carboxylic acids is 2. The minimum atomic E-state index is -3.94. The van der Waals surface area contributed by atoms with Crippen LogP contribution in [0.1, 0.15) is 11.3 Å². The summed E-state index contributed by atoms with van der Waals surface area (Å²) < 4.78 is 32.5. The van der Waals surface area contributed by atoms with Crippen LogP contribution in [0.5, 0.6) is 0 Å². The molecule has 0 radical (unpaired) electrons. The molecule has 0 saturated carbocycles. The Bertz CT molecular complexity index is 1180. The highest BCUT2D eigenvalue weighted by atomic mass is 35.5. The van der Waals surface area contributed by atoms with E-state index in [4.69, 9.17) is 16.0 Å². The normalized spacial score (nSPS) is 11.2. The Balaban J connectivity index is 1.72. The van der Waals surface area contributed by atoms with Crippen molar-refractivity contribution in [2.45, 2.75) is 18.4 Å². The molecule has 0 unspecified atom stereocenters. The number of halogens is 1. The Hall–Kier alpha value is -3.14. The van der Waals surface area contributed by atoms with Crippen molar-refractivity contribution in [3.63, 3.8) is 0 Å². The van der Waals surface area contributed by atoms with E-state index in [1.54, 1.807) is 37.3 Å². The van der Waals surface area contributed by atoms with Gasteiger partial charge >= 0.3 is 0 Å². The Morgan fingerprint density at radius 2 is 1.75 bits per heavy atom. The van der Waals surface area contributed by atoms with Crippen LogP contribution in [0, 0.1) is 6.92 Å². The van der Waals surface area contributed by atoms with Crippen molar-refractivity contribution in [3.05, 3.63) is 83.3 Å². The van der Waals surface area contributed by atoms with Gasteiger partial charge < -0.3 is 14.6 Å². The number of anilines is 1. The zero-order valence-corrected chi connectivity index (χ0v) is 18.8. The molecule has 0 aliphatic heterocycles. The standard InChI is InChI=1S/C22H22ClN3O5S/c1-16-5-2-3-7-20(16)26(15-21(27)24-13-18-6-4-12-31-18)22(28)14-25-32(29,30)19-10-8-17(23)9-11-19/h2-12,25H,13-15H2,1H3,(H,24,27). The van der Waals surface area contributed by atoms with E-state index < -0.39 is 28.4 Å². The largest absolute Gasteiger partial charge is 0.467 e. The van der Waals surface area contributed by atoms with Crippen LogP contribution in [-0.2, 0) is 26.2 Å². The maximum atomic E-state index is 13.0. The van der Waals surface area contributed by atoms with Gasteiger partial charge in [-0.25, -0.2) is 13.1 Å². The van der Waals surface area contributed by atoms with Gasteiger partial charge in [-0.2, -0.15) is 0 Å². The van der Waals surface area contributed by atoms with E-state index in [9.17, 15) is 18.0 Å². The van der Waals surface area contributed by atoms with Crippen LogP contribution in [-0.4, -0.2) is 33.3 Å². The summed E-state index contributed by atoms with van der Waals surface area (Å²) in [5.74, 6) is -0.425. The second kappa shape index (κ2) is 10.4. The second-order valence-electron chi connectivity index (χ2n) is 6.90. The van der Waals surface area contributed by atoms with Crippen LogP contribution >= 0.6 is 11.6 Å². The van der Waals surface area contributed by atoms with E-state index in [1.807, 2.05) is 6.07 Å². The first kappa shape index (κ1) is 23.5. The molecule has 0 spiro atoms. The molecular weight excluding hydrogens is 454 g/mol. The number of sulfonamides is 1. The van der Waals surface area contributed by atoms with Crippen LogP contribution in [0.15, 0.2) is 76.2 Å². The SMILES string of the molecule is Cc1ccccc1N(CC(=O)NCc1ccco1)C(=O)CNS(=O)(=O)c1ccc(Cl)cc1. The molecular formula is C22H22ClN3O5S. The predicted octanol–water partition coefficient (Wildman–Crippen LogP) is 2.87. The summed E-state index contributed by atoms with van der Waals surface area (Å²) >= 11 is 5.80. The van der Waals surface area contributed by atoms with Crippen molar-refractivity contribution in [3.8, 4) is 0 Å². The molecule has 1 aromatic heterocycles. The minimum Gasteiger partial charge on any atom is -0.467 e. The number of para-hydroxylation sites is 1. The van der Waals surface area contributed by atoms with Crippen molar-refractivity contribution in [1.29, 1.82) is 0 Å². The first-order chi connectivity index (χ1) is 15.3. The summed E-state index contributed by atoms with van der Waals surface area (Å²) in [5.41, 5.74) is 1.27. The molecule has 0 atom stereocenters. The zero-order chi connectivity index (χ0) is 23.1. The minimum absolute atomic E-state index is 0.0201. The maximum Gasteiger partial charge on any atom is 0.242 e. The third-order valence-corrected chi connectivity index (χ3v) is 6.26. The van der Waals surface area contributed by atoms with Crippen LogP contribution < -0.4 is 14.9 Å². The monoisotopic (exact) mass is 475 g/mol. The molecule has 2 amide bonds. The summed E-state index contributed by atoms with van der Waals surface area (Å²) in [7, 11) is -3.94. The average molecular weight is 476 g/mol. The van der Waals surface area contributed by atoms with Gasteiger partial charge in [-0.3, -0.25) is 9.59 Å². The van der Waals surface area contributed by atoms with Crippen molar-refractivity contribution < 1.29 is 22.4 Å². The maximum absolute atomic E-state index is 13.0. The Morgan fingerprint density at radius 3 is 2.41 bits per heavy atom. The van der Waals surface area contributed by atoms with E-state index in [1.165, 1.54) is 35.4 Å². The van der Waals surface area contributed by atoms with Gasteiger partial charge in [0.15, 0.2) is 0 Å². The average Bonchev–Trinajstić information content (AvgIpc) is 3.29. The summed E-state index contributed by atoms with van der Waals surface area (Å²) in [6, 6.07) is 16.0. The summed E-state index contributed by atoms with van der Waals surface area (Å²) in [6.45, 7) is 1.16. The number of hydrogen-bond acceptors (Lipinski definition) is 5. The number of carbonyl (C=O) groups is 2. The Kier molecular flexibility index (Phi) is 7.68. The first-order valence-electron chi connectivity index (χ1n) is 9.66. The van der Waals surface area contributed by atoms with Crippen LogP contribution in [0.2, 0.25) is 5.02 Å². The molecule has 2 N–H and O–H groups in total. The highest BCUT2D eigenvalue weighted by Gasteiger charge is 2.23. The molecule has 168 valence electrons. The fourth-order valence-electron chi connectivity index (χ4n) is 2.92. The number of furan rings is 1. The number of hydrogen-bond donors (Lipinski definition) is 2. The van der Waals surface area contributed by atoms with E-state index in [2.05, 4.69) is 10.0 Å². The second-order valence-corrected chi connectivity index (χ2v) is 9.10. The van der Waals surface area contributed by atoms with Gasteiger partial charge in [0.2, 0.25) is 21.8 Å². The Labute approximate surface area is 191 Å². The predicted molar refractivity (Wildman–Crippen MR) is 121 cm³/mol. The smallest absolute Gasteiger partial charge is 0.242 e. The molecule has 3 rings (SSSR count). The highest BCUT2D eigenvalue weighted by Crippen LogP contribution is 2.20. The third-order valence-electron chi connectivity index (χ3n) is 4.59. The van der Waals surface area contributed by atoms with E-state index in [0.717, 1.165) is 5.56 Å². The number of aryl methyl sites for hydroxylation is 1. The van der Waals surface area contributed by atoms with Gasteiger partial charge in [0.25, 0.3) is 0 Å². The van der Waals surface area contributed by atoms with Gasteiger partial charge in [-0.1, -0.05) is 29.8 Å². The van der Waals surface area contributed by atoms with Crippen molar-refractivity contribution in [2.75, 3.05) is 18.0 Å². The molecule has 3 aromatic rings. The molecule has 1 heterocycles. The lowest BCUT2D eigenvalue weighted by molar-refractivity contribution is -0.123. The van der Waals surface area contributed by atoms with E-state index in [0.29, 0.717) is 16.5 Å². The first-order valence-corrected chi connectivity index (χ1v) is 11.5. The molecule has 0 bridgehead atoms. The van der Waals surface area contributed by atoms with Gasteiger partial charge in [0.1, 0.15) is 12.3 Å². The molecule has 0 aliphatic carbocycles. The highest BCUT2D eigenvalue weighted by molar-refractivity contribution is 7.89.